The molecule has 3 heteroatoms. The van der Waals surface area contributed by atoms with Crippen molar-refractivity contribution in [3.63, 3.8) is 0 Å². The van der Waals surface area contributed by atoms with Crippen LogP contribution in [0, 0.1) is 5.82 Å². The van der Waals surface area contributed by atoms with Gasteiger partial charge in [-0.1, -0.05) is 12.1 Å². The van der Waals surface area contributed by atoms with Gasteiger partial charge in [0.1, 0.15) is 16.2 Å². The van der Waals surface area contributed by atoms with Gasteiger partial charge in [0.25, 0.3) is 0 Å². The summed E-state index contributed by atoms with van der Waals surface area (Å²) in [6, 6.07) is 6.64. The van der Waals surface area contributed by atoms with Crippen molar-refractivity contribution in [3.05, 3.63) is 35.6 Å². The third kappa shape index (κ3) is 2.17. The van der Waals surface area contributed by atoms with E-state index in [0.29, 0.717) is 0 Å². The van der Waals surface area contributed by atoms with Crippen molar-refractivity contribution < 1.29 is 4.39 Å². The molecule has 1 aromatic carbocycles. The van der Waals surface area contributed by atoms with E-state index >= 15 is 0 Å². The second-order valence-corrected chi connectivity index (χ2v) is 4.30. The van der Waals surface area contributed by atoms with Crippen LogP contribution >= 0.6 is 0 Å². The Hall–Kier alpha value is -0.673. The maximum absolute atomic E-state index is 12.9. The van der Waals surface area contributed by atoms with Crippen LogP contribution in [0.3, 0.4) is 0 Å². The zero-order valence-corrected chi connectivity index (χ0v) is 9.13. The van der Waals surface area contributed by atoms with Gasteiger partial charge in [-0.3, -0.25) is 0 Å². The van der Waals surface area contributed by atoms with Crippen LogP contribution in [0.15, 0.2) is 24.3 Å². The Morgan fingerprint density at radius 2 is 2.00 bits per heavy atom. The van der Waals surface area contributed by atoms with Crippen LogP contribution in [0.2, 0.25) is 0 Å². The van der Waals surface area contributed by atoms with Crippen molar-refractivity contribution in [1.29, 1.82) is 0 Å². The second kappa shape index (κ2) is 3.60. The molecule has 0 heterocycles. The molecular weight excluding hydrogens is 181 g/mol. The van der Waals surface area contributed by atoms with E-state index in [1.165, 1.54) is 6.07 Å². The maximum atomic E-state index is 12.9. The molecule has 0 aliphatic heterocycles. The molecule has 0 atom stereocenters. The molecule has 0 spiro atoms. The Morgan fingerprint density at radius 3 is 2.46 bits per heavy atom. The van der Waals surface area contributed by atoms with Gasteiger partial charge in [-0.15, -0.1) is 0 Å². The summed E-state index contributed by atoms with van der Waals surface area (Å²) >= 11 is 0. The van der Waals surface area contributed by atoms with Crippen molar-refractivity contribution in [2.24, 2.45) is 0 Å². The molecule has 0 aliphatic carbocycles. The first-order chi connectivity index (χ1) is 5.94. The summed E-state index contributed by atoms with van der Waals surface area (Å²) in [6.45, 7) is 4.05. The molecule has 0 bridgehead atoms. The molecule has 0 saturated carbocycles. The van der Waals surface area contributed by atoms with E-state index in [0.717, 1.165) is 5.56 Å². The molecule has 0 fully saturated rings. The fourth-order valence-electron chi connectivity index (χ4n) is 1.06. The summed E-state index contributed by atoms with van der Waals surface area (Å²) < 4.78 is 14.8. The average Bonchev–Trinajstić information content (AvgIpc) is 2.04. The summed E-state index contributed by atoms with van der Waals surface area (Å²) in [5.41, 5.74) is 0.740. The monoisotopic (exact) mass is 194 g/mol. The molecule has 0 aliphatic rings. The molecule has 0 amide bonds. The zero-order valence-electron chi connectivity index (χ0n) is 8.13. The van der Waals surface area contributed by atoms with Crippen molar-refractivity contribution >= 4 is 10.4 Å². The lowest BCUT2D eigenvalue weighted by molar-refractivity contribution is 0.282. The van der Waals surface area contributed by atoms with E-state index in [1.807, 2.05) is 31.5 Å². The van der Waals surface area contributed by atoms with Gasteiger partial charge in [-0.05, 0) is 38.6 Å². The first-order valence-corrected chi connectivity index (χ1v) is 4.60. The second-order valence-electron chi connectivity index (χ2n) is 3.63. The Labute approximate surface area is 82.1 Å². The predicted octanol–water partition coefficient (Wildman–Crippen LogP) is 2.08. The van der Waals surface area contributed by atoms with E-state index in [1.54, 1.807) is 12.1 Å². The molecule has 1 nitrogen and oxygen atoms in total. The third-order valence-electron chi connectivity index (χ3n) is 2.37. The molecule has 0 unspecified atom stereocenters. The molecule has 13 heavy (non-hydrogen) atoms. The van der Waals surface area contributed by atoms with E-state index in [-0.39, 0.29) is 11.4 Å². The van der Waals surface area contributed by atoms with E-state index in [4.69, 9.17) is 0 Å². The molecule has 0 N–H and O–H groups in total. The van der Waals surface area contributed by atoms with Gasteiger partial charge < -0.3 is 4.57 Å². The van der Waals surface area contributed by atoms with Gasteiger partial charge >= 0.3 is 0 Å². The smallest absolute Gasteiger partial charge is 0.144 e. The van der Waals surface area contributed by atoms with Gasteiger partial charge in [-0.25, -0.2) is 4.39 Å². The number of nitrogens with zero attached hydrogens (tertiary/aromatic N) is 1. The van der Waals surface area contributed by atoms with E-state index < -0.39 is 0 Å². The minimum Gasteiger partial charge on any atom is -0.321 e. The number of halogens is 1. The van der Waals surface area contributed by atoms with Crippen molar-refractivity contribution in [3.8, 4) is 0 Å². The fourth-order valence-corrected chi connectivity index (χ4v) is 1.19. The molecular formula is C10H13FNSi. The first-order valence-electron chi connectivity index (χ1n) is 4.15. The lowest BCUT2D eigenvalue weighted by atomic mass is 9.94. The van der Waals surface area contributed by atoms with Gasteiger partial charge in [-0.2, -0.15) is 0 Å². The lowest BCUT2D eigenvalue weighted by Crippen LogP contribution is -2.36. The van der Waals surface area contributed by atoms with Crippen molar-refractivity contribution in [2.75, 3.05) is 7.05 Å². The molecule has 1 aromatic rings. The highest BCUT2D eigenvalue weighted by atomic mass is 28.2. The number of hydrogen-bond donors (Lipinski definition) is 0. The summed E-state index contributed by atoms with van der Waals surface area (Å²) in [5.74, 6) is -0.195. The van der Waals surface area contributed by atoms with Gasteiger partial charge in [0.2, 0.25) is 0 Å². The topological polar surface area (TPSA) is 3.24 Å². The van der Waals surface area contributed by atoms with Crippen LogP contribution in [-0.2, 0) is 5.54 Å². The SMILES string of the molecule is CN([Si])C(C)(C)c1cccc(F)c1. The van der Waals surface area contributed by atoms with Crippen molar-refractivity contribution in [2.45, 2.75) is 19.4 Å². The molecule has 3 radical (unpaired) electrons. The van der Waals surface area contributed by atoms with Gasteiger partial charge in [0.15, 0.2) is 0 Å². The number of hydrogen-bond acceptors (Lipinski definition) is 1. The molecule has 0 aromatic heterocycles. The Bertz CT molecular complexity index is 297. The molecule has 1 rings (SSSR count). The lowest BCUT2D eigenvalue weighted by Gasteiger charge is -2.33. The van der Waals surface area contributed by atoms with Crippen LogP contribution in [0.5, 0.6) is 0 Å². The standard InChI is InChI=1S/C10H13FNSi/c1-10(2,12(3)13)8-5-4-6-9(11)7-8/h4-7H,1-3H3. The van der Waals surface area contributed by atoms with Gasteiger partial charge in [0, 0.05) is 5.54 Å². The van der Waals surface area contributed by atoms with E-state index in [2.05, 4.69) is 10.4 Å². The Balaban J connectivity index is 3.07. The first kappa shape index (κ1) is 10.4. The molecule has 69 valence electrons. The Morgan fingerprint density at radius 1 is 1.38 bits per heavy atom. The minimum absolute atomic E-state index is 0.195. The zero-order chi connectivity index (χ0) is 10.1. The summed E-state index contributed by atoms with van der Waals surface area (Å²) in [4.78, 5) is 0. The van der Waals surface area contributed by atoms with Crippen LogP contribution in [0.25, 0.3) is 0 Å². The largest absolute Gasteiger partial charge is 0.321 e. The summed E-state index contributed by atoms with van der Waals surface area (Å²) in [5, 5.41) is 0. The maximum Gasteiger partial charge on any atom is 0.144 e. The van der Waals surface area contributed by atoms with Crippen LogP contribution in [0.4, 0.5) is 4.39 Å². The average molecular weight is 194 g/mol. The molecule has 0 saturated heterocycles. The predicted molar refractivity (Wildman–Crippen MR) is 52.9 cm³/mol. The van der Waals surface area contributed by atoms with Crippen LogP contribution < -0.4 is 0 Å². The normalized spacial score (nSPS) is 12.2. The highest BCUT2D eigenvalue weighted by molar-refractivity contribution is 6.04. The van der Waals surface area contributed by atoms with Gasteiger partial charge in [0.05, 0.1) is 0 Å². The van der Waals surface area contributed by atoms with Crippen LogP contribution in [-0.4, -0.2) is 22.0 Å². The number of benzene rings is 1. The Kier molecular flexibility index (Phi) is 2.88. The van der Waals surface area contributed by atoms with E-state index in [9.17, 15) is 4.39 Å². The highest BCUT2D eigenvalue weighted by Gasteiger charge is 2.22. The summed E-state index contributed by atoms with van der Waals surface area (Å²) in [7, 11) is 5.32. The quantitative estimate of drug-likeness (QED) is 0.652. The summed E-state index contributed by atoms with van der Waals surface area (Å²) in [6.07, 6.45) is 0. The van der Waals surface area contributed by atoms with Crippen LogP contribution in [0.1, 0.15) is 19.4 Å². The fraction of sp³-hybridized carbons (Fsp3) is 0.400. The number of rotatable bonds is 2. The minimum atomic E-state index is -0.209. The highest BCUT2D eigenvalue weighted by Crippen LogP contribution is 2.24. The van der Waals surface area contributed by atoms with Crippen molar-refractivity contribution in [1.82, 2.24) is 4.57 Å². The third-order valence-corrected chi connectivity index (χ3v) is 2.93.